The first-order valence-electron chi connectivity index (χ1n) is 7.06. The summed E-state index contributed by atoms with van der Waals surface area (Å²) >= 11 is 0. The standard InChI is InChI=1S/C15H18O3S/c1-9-2-4-10(5-3-9)19(16,17)18-14-8-13-11-6-7-12(11)15(13)14/h2-5,11-15H,6-8H2,1H3/t11-,12+,13-,14-,15-/m1/s1. The molecule has 0 radical (unpaired) electrons. The van der Waals surface area contributed by atoms with E-state index in [9.17, 15) is 8.42 Å². The van der Waals surface area contributed by atoms with Crippen molar-refractivity contribution in [3.8, 4) is 0 Å². The molecule has 0 aliphatic heterocycles. The van der Waals surface area contributed by atoms with Gasteiger partial charge in [-0.15, -0.1) is 0 Å². The van der Waals surface area contributed by atoms with Crippen LogP contribution in [0.3, 0.4) is 0 Å². The van der Waals surface area contributed by atoms with Gasteiger partial charge in [-0.3, -0.25) is 4.18 Å². The maximum atomic E-state index is 12.2. The summed E-state index contributed by atoms with van der Waals surface area (Å²) in [5.41, 5.74) is 1.05. The zero-order valence-corrected chi connectivity index (χ0v) is 11.8. The number of aryl methyl sites for hydroxylation is 1. The third-order valence-electron chi connectivity index (χ3n) is 5.42. The van der Waals surface area contributed by atoms with Gasteiger partial charge in [0.1, 0.15) is 0 Å². The lowest BCUT2D eigenvalue weighted by molar-refractivity contribution is -0.222. The summed E-state index contributed by atoms with van der Waals surface area (Å²) in [5, 5.41) is 0. The van der Waals surface area contributed by atoms with E-state index < -0.39 is 10.1 Å². The smallest absolute Gasteiger partial charge is 0.263 e. The van der Waals surface area contributed by atoms with Crippen LogP contribution in [0.25, 0.3) is 0 Å². The number of benzene rings is 1. The monoisotopic (exact) mass is 278 g/mol. The molecule has 3 aliphatic rings. The van der Waals surface area contributed by atoms with Crippen LogP contribution in [-0.4, -0.2) is 14.5 Å². The number of fused-ring (bicyclic) bond motifs is 4. The van der Waals surface area contributed by atoms with E-state index in [1.165, 1.54) is 12.8 Å². The fourth-order valence-corrected chi connectivity index (χ4v) is 5.27. The second-order valence-electron chi connectivity index (χ2n) is 6.28. The van der Waals surface area contributed by atoms with Crippen molar-refractivity contribution in [3.05, 3.63) is 29.8 Å². The number of hydrogen-bond donors (Lipinski definition) is 0. The Labute approximate surface area is 114 Å². The Morgan fingerprint density at radius 3 is 2.32 bits per heavy atom. The first-order valence-corrected chi connectivity index (χ1v) is 8.47. The molecule has 0 bridgehead atoms. The Morgan fingerprint density at radius 2 is 1.74 bits per heavy atom. The van der Waals surface area contributed by atoms with Gasteiger partial charge in [0, 0.05) is 0 Å². The topological polar surface area (TPSA) is 43.4 Å². The third kappa shape index (κ3) is 1.62. The molecule has 0 unspecified atom stereocenters. The summed E-state index contributed by atoms with van der Waals surface area (Å²) in [6.07, 6.45) is 3.51. The van der Waals surface area contributed by atoms with Crippen molar-refractivity contribution in [2.24, 2.45) is 23.7 Å². The molecule has 0 aromatic heterocycles. The van der Waals surface area contributed by atoms with Crippen LogP contribution in [0.2, 0.25) is 0 Å². The van der Waals surface area contributed by atoms with Crippen LogP contribution in [0.15, 0.2) is 29.2 Å². The molecule has 1 aromatic rings. The quantitative estimate of drug-likeness (QED) is 0.798. The normalized spacial score (nSPS) is 39.3. The van der Waals surface area contributed by atoms with Gasteiger partial charge in [-0.25, -0.2) is 0 Å². The molecule has 3 nitrogen and oxygen atoms in total. The Balaban J connectivity index is 1.49. The first-order chi connectivity index (χ1) is 9.06. The predicted octanol–water partition coefficient (Wildman–Crippen LogP) is 2.74. The lowest BCUT2D eigenvalue weighted by atomic mass is 9.38. The highest BCUT2D eigenvalue weighted by atomic mass is 32.2. The van der Waals surface area contributed by atoms with Crippen molar-refractivity contribution in [1.29, 1.82) is 0 Å². The van der Waals surface area contributed by atoms with E-state index in [1.807, 2.05) is 19.1 Å². The highest BCUT2D eigenvalue weighted by molar-refractivity contribution is 7.86. The average molecular weight is 278 g/mol. The maximum Gasteiger partial charge on any atom is 0.297 e. The summed E-state index contributed by atoms with van der Waals surface area (Å²) in [5.74, 6) is 2.94. The molecule has 3 aliphatic carbocycles. The van der Waals surface area contributed by atoms with E-state index in [2.05, 4.69) is 0 Å². The van der Waals surface area contributed by atoms with E-state index >= 15 is 0 Å². The Morgan fingerprint density at radius 1 is 1.05 bits per heavy atom. The number of hydrogen-bond acceptors (Lipinski definition) is 3. The van der Waals surface area contributed by atoms with Gasteiger partial charge in [-0.1, -0.05) is 17.7 Å². The molecule has 0 heterocycles. The summed E-state index contributed by atoms with van der Waals surface area (Å²) < 4.78 is 29.9. The molecule has 3 fully saturated rings. The molecule has 4 rings (SSSR count). The predicted molar refractivity (Wildman–Crippen MR) is 71.0 cm³/mol. The molecular formula is C15H18O3S. The lowest BCUT2D eigenvalue weighted by Gasteiger charge is -2.68. The average Bonchev–Trinajstić information content (AvgIpc) is 2.33. The summed E-state index contributed by atoms with van der Waals surface area (Å²) in [4.78, 5) is 0.283. The van der Waals surface area contributed by atoms with Crippen LogP contribution in [0.1, 0.15) is 24.8 Å². The molecule has 19 heavy (non-hydrogen) atoms. The largest absolute Gasteiger partial charge is 0.297 e. The van der Waals surface area contributed by atoms with Crippen LogP contribution in [0.5, 0.6) is 0 Å². The second-order valence-corrected chi connectivity index (χ2v) is 7.86. The first kappa shape index (κ1) is 11.9. The van der Waals surface area contributed by atoms with Gasteiger partial charge in [0.05, 0.1) is 11.0 Å². The Bertz CT molecular complexity index is 599. The van der Waals surface area contributed by atoms with Crippen molar-refractivity contribution >= 4 is 10.1 Å². The highest BCUT2D eigenvalue weighted by Gasteiger charge is 2.65. The van der Waals surface area contributed by atoms with Gasteiger partial charge >= 0.3 is 0 Å². The minimum Gasteiger partial charge on any atom is -0.263 e. The summed E-state index contributed by atoms with van der Waals surface area (Å²) in [6, 6.07) is 6.89. The van der Waals surface area contributed by atoms with Gasteiger partial charge in [0.25, 0.3) is 10.1 Å². The highest BCUT2D eigenvalue weighted by Crippen LogP contribution is 2.67. The minimum atomic E-state index is -3.58. The van der Waals surface area contributed by atoms with Crippen LogP contribution >= 0.6 is 0 Å². The summed E-state index contributed by atoms with van der Waals surface area (Å²) in [6.45, 7) is 1.94. The van der Waals surface area contributed by atoms with Crippen LogP contribution in [0, 0.1) is 30.6 Å². The summed E-state index contributed by atoms with van der Waals surface area (Å²) in [7, 11) is -3.58. The van der Waals surface area contributed by atoms with Crippen LogP contribution in [0.4, 0.5) is 0 Å². The van der Waals surface area contributed by atoms with Gasteiger partial charge < -0.3 is 0 Å². The van der Waals surface area contributed by atoms with Crippen molar-refractivity contribution in [2.75, 3.05) is 0 Å². The number of rotatable bonds is 3. The van der Waals surface area contributed by atoms with Crippen LogP contribution in [-0.2, 0) is 14.3 Å². The third-order valence-corrected chi connectivity index (χ3v) is 6.77. The molecule has 0 N–H and O–H groups in total. The van der Waals surface area contributed by atoms with E-state index in [-0.39, 0.29) is 11.0 Å². The van der Waals surface area contributed by atoms with Crippen molar-refractivity contribution in [3.63, 3.8) is 0 Å². The zero-order chi connectivity index (χ0) is 13.2. The fraction of sp³-hybridized carbons (Fsp3) is 0.600. The van der Waals surface area contributed by atoms with E-state index in [1.54, 1.807) is 12.1 Å². The van der Waals surface area contributed by atoms with E-state index in [0.29, 0.717) is 5.92 Å². The maximum absolute atomic E-state index is 12.2. The van der Waals surface area contributed by atoms with Gasteiger partial charge in [0.15, 0.2) is 0 Å². The molecule has 3 saturated carbocycles. The molecular weight excluding hydrogens is 260 g/mol. The molecule has 5 atom stereocenters. The SMILES string of the molecule is Cc1ccc(S(=O)(=O)O[C@@H]2C[C@@H]3[C@@H]4CC[C@@H]4[C@H]32)cc1. The molecule has 102 valence electrons. The minimum absolute atomic E-state index is 0.0575. The van der Waals surface area contributed by atoms with Gasteiger partial charge in [-0.2, -0.15) is 8.42 Å². The molecule has 4 heteroatoms. The van der Waals surface area contributed by atoms with Crippen molar-refractivity contribution < 1.29 is 12.6 Å². The molecule has 0 saturated heterocycles. The lowest BCUT2D eigenvalue weighted by Crippen LogP contribution is -2.66. The van der Waals surface area contributed by atoms with Crippen LogP contribution < -0.4 is 0 Å². The Kier molecular flexibility index (Phi) is 2.40. The molecule has 0 amide bonds. The van der Waals surface area contributed by atoms with Crippen molar-refractivity contribution in [1.82, 2.24) is 0 Å². The van der Waals surface area contributed by atoms with E-state index in [4.69, 9.17) is 4.18 Å². The molecule has 1 aromatic carbocycles. The fourth-order valence-electron chi connectivity index (χ4n) is 4.16. The Hall–Kier alpha value is -0.870. The van der Waals surface area contributed by atoms with E-state index in [0.717, 1.165) is 29.7 Å². The van der Waals surface area contributed by atoms with Gasteiger partial charge in [0.2, 0.25) is 0 Å². The second kappa shape index (κ2) is 3.83. The zero-order valence-electron chi connectivity index (χ0n) is 11.0. The molecule has 0 spiro atoms. The van der Waals surface area contributed by atoms with Crippen molar-refractivity contribution in [2.45, 2.75) is 37.2 Å². The van der Waals surface area contributed by atoms with Gasteiger partial charge in [-0.05, 0) is 62.0 Å².